The van der Waals surface area contributed by atoms with E-state index in [4.69, 9.17) is 21.7 Å². The summed E-state index contributed by atoms with van der Waals surface area (Å²) in [6, 6.07) is 11.7. The van der Waals surface area contributed by atoms with Crippen molar-refractivity contribution >= 4 is 57.8 Å². The van der Waals surface area contributed by atoms with Gasteiger partial charge in [-0.05, 0) is 71.1 Å². The van der Waals surface area contributed by atoms with Crippen LogP contribution in [0.3, 0.4) is 0 Å². The second-order valence-electron chi connectivity index (χ2n) is 6.88. The summed E-state index contributed by atoms with van der Waals surface area (Å²) in [5, 5.41) is 0.175. The van der Waals surface area contributed by atoms with E-state index in [9.17, 15) is 9.59 Å². The zero-order valence-electron chi connectivity index (χ0n) is 17.1. The number of hydrogen-bond donors (Lipinski definition) is 0. The van der Waals surface area contributed by atoms with Crippen LogP contribution in [0.1, 0.15) is 16.7 Å². The van der Waals surface area contributed by atoms with E-state index < -0.39 is 11.8 Å². The van der Waals surface area contributed by atoms with Crippen molar-refractivity contribution in [2.45, 2.75) is 13.5 Å². The van der Waals surface area contributed by atoms with Crippen LogP contribution in [0.2, 0.25) is 0 Å². The monoisotopic (exact) mass is 536 g/mol. The third-order valence-electron chi connectivity index (χ3n) is 4.71. The molecule has 1 aliphatic heterocycles. The molecule has 0 aromatic heterocycles. The highest BCUT2D eigenvalue weighted by atomic mass is 127. The van der Waals surface area contributed by atoms with Crippen molar-refractivity contribution in [2.75, 3.05) is 21.2 Å². The van der Waals surface area contributed by atoms with Crippen LogP contribution in [0.15, 0.2) is 42.0 Å². The van der Waals surface area contributed by atoms with Crippen molar-refractivity contribution in [3.8, 4) is 11.5 Å². The Morgan fingerprint density at radius 1 is 1.07 bits per heavy atom. The molecule has 1 aliphatic rings. The average Bonchev–Trinajstić information content (AvgIpc) is 2.74. The third-order valence-corrected chi connectivity index (χ3v) is 6.06. The Kier molecular flexibility index (Phi) is 6.77. The van der Waals surface area contributed by atoms with Gasteiger partial charge in [-0.1, -0.05) is 29.8 Å². The van der Waals surface area contributed by atoms with Crippen LogP contribution >= 0.6 is 34.8 Å². The van der Waals surface area contributed by atoms with Gasteiger partial charge in [0.15, 0.2) is 16.6 Å². The second-order valence-corrected chi connectivity index (χ2v) is 8.40. The lowest BCUT2D eigenvalue weighted by Gasteiger charge is -2.31. The van der Waals surface area contributed by atoms with E-state index in [1.165, 1.54) is 15.4 Å². The maximum absolute atomic E-state index is 12.6. The Balaban J connectivity index is 1.90. The summed E-state index contributed by atoms with van der Waals surface area (Å²) < 4.78 is 12.3. The summed E-state index contributed by atoms with van der Waals surface area (Å²) in [5.41, 5.74) is 2.93. The number of rotatable bonds is 5. The first-order valence-electron chi connectivity index (χ1n) is 9.10. The molecule has 2 aromatic carbocycles. The lowest BCUT2D eigenvalue weighted by atomic mass is 10.1. The largest absolute Gasteiger partial charge is 0.493 e. The van der Waals surface area contributed by atoms with Gasteiger partial charge >= 0.3 is 0 Å². The molecule has 2 aromatic rings. The Morgan fingerprint density at radius 3 is 2.23 bits per heavy atom. The Hall–Kier alpha value is -2.46. The van der Waals surface area contributed by atoms with Crippen LogP contribution in [-0.4, -0.2) is 47.9 Å². The standard InChI is InChI=1S/C22H21IN2O4S/c1-13-5-7-14(8-6-13)12-29-19-17(23)10-15(11-18(19)28-4)9-16-20(26)24(2)22(30)25(3)21(16)27/h5-11H,12H2,1-4H3. The third kappa shape index (κ3) is 4.49. The normalized spacial score (nSPS) is 14.3. The number of carbonyl (C=O) groups excluding carboxylic acids is 2. The highest BCUT2D eigenvalue weighted by molar-refractivity contribution is 14.1. The summed E-state index contributed by atoms with van der Waals surface area (Å²) >= 11 is 7.28. The number of carbonyl (C=O) groups is 2. The Labute approximate surface area is 194 Å². The second kappa shape index (κ2) is 9.13. The van der Waals surface area contributed by atoms with Gasteiger partial charge in [0, 0.05) is 14.1 Å². The van der Waals surface area contributed by atoms with Gasteiger partial charge in [-0.25, -0.2) is 0 Å². The van der Waals surface area contributed by atoms with E-state index in [2.05, 4.69) is 22.6 Å². The van der Waals surface area contributed by atoms with E-state index in [0.29, 0.717) is 23.7 Å². The van der Waals surface area contributed by atoms with Crippen LogP contribution in [0.4, 0.5) is 0 Å². The molecule has 0 bridgehead atoms. The minimum atomic E-state index is -0.434. The molecule has 3 rings (SSSR count). The van der Waals surface area contributed by atoms with E-state index >= 15 is 0 Å². The molecular weight excluding hydrogens is 515 g/mol. The van der Waals surface area contributed by atoms with Crippen LogP contribution < -0.4 is 9.47 Å². The fourth-order valence-corrected chi connectivity index (χ4v) is 3.89. The number of methoxy groups -OCH3 is 1. The van der Waals surface area contributed by atoms with Crippen LogP contribution in [0.5, 0.6) is 11.5 Å². The molecule has 8 heteroatoms. The quantitative estimate of drug-likeness (QED) is 0.252. The highest BCUT2D eigenvalue weighted by Crippen LogP contribution is 2.35. The number of benzene rings is 2. The number of hydrogen-bond acceptors (Lipinski definition) is 5. The smallest absolute Gasteiger partial charge is 0.265 e. The van der Waals surface area contributed by atoms with Crippen molar-refractivity contribution in [3.63, 3.8) is 0 Å². The predicted octanol–water partition coefficient (Wildman–Crippen LogP) is 3.79. The van der Waals surface area contributed by atoms with E-state index in [1.54, 1.807) is 33.3 Å². The Bertz CT molecular complexity index is 1020. The van der Waals surface area contributed by atoms with Crippen molar-refractivity contribution in [3.05, 3.63) is 62.2 Å². The average molecular weight is 536 g/mol. The number of amides is 2. The van der Waals surface area contributed by atoms with Gasteiger partial charge in [0.2, 0.25) is 0 Å². The number of likely N-dealkylation sites (N-methyl/N-ethyl adjacent to an activating group) is 2. The first-order valence-corrected chi connectivity index (χ1v) is 10.6. The number of aryl methyl sites for hydroxylation is 1. The Morgan fingerprint density at radius 2 is 1.67 bits per heavy atom. The molecule has 0 saturated carbocycles. The maximum atomic E-state index is 12.6. The molecule has 156 valence electrons. The molecule has 0 aliphatic carbocycles. The fourth-order valence-electron chi connectivity index (χ4n) is 2.94. The molecule has 0 unspecified atom stereocenters. The predicted molar refractivity (Wildman–Crippen MR) is 127 cm³/mol. The van der Waals surface area contributed by atoms with Crippen LogP contribution in [0, 0.1) is 10.5 Å². The number of halogens is 1. The molecule has 0 atom stereocenters. The van der Waals surface area contributed by atoms with Crippen molar-refractivity contribution in [1.29, 1.82) is 0 Å². The molecule has 1 fully saturated rings. The molecule has 1 saturated heterocycles. The topological polar surface area (TPSA) is 59.1 Å². The van der Waals surface area contributed by atoms with Gasteiger partial charge in [0.25, 0.3) is 11.8 Å². The minimum Gasteiger partial charge on any atom is -0.493 e. The van der Waals surface area contributed by atoms with Crippen LogP contribution in [-0.2, 0) is 16.2 Å². The zero-order chi connectivity index (χ0) is 22.0. The van der Waals surface area contributed by atoms with Gasteiger partial charge in [-0.15, -0.1) is 0 Å². The molecule has 30 heavy (non-hydrogen) atoms. The van der Waals surface area contributed by atoms with Crippen LogP contribution in [0.25, 0.3) is 6.08 Å². The summed E-state index contributed by atoms with van der Waals surface area (Å²) in [6.45, 7) is 2.44. The molecule has 1 heterocycles. The minimum absolute atomic E-state index is 0.0415. The highest BCUT2D eigenvalue weighted by Gasteiger charge is 2.35. The van der Waals surface area contributed by atoms with Crippen molar-refractivity contribution in [1.82, 2.24) is 9.80 Å². The lowest BCUT2D eigenvalue weighted by Crippen LogP contribution is -2.52. The van der Waals surface area contributed by atoms with Gasteiger partial charge in [0.05, 0.1) is 10.7 Å². The van der Waals surface area contributed by atoms with Gasteiger partial charge in [-0.3, -0.25) is 19.4 Å². The van der Waals surface area contributed by atoms with Gasteiger partial charge in [0.1, 0.15) is 12.2 Å². The molecule has 6 nitrogen and oxygen atoms in total. The SMILES string of the molecule is COc1cc(C=C2C(=O)N(C)C(=S)N(C)C2=O)cc(I)c1OCc1ccc(C)cc1. The number of nitrogens with zero attached hydrogens (tertiary/aromatic N) is 2. The van der Waals surface area contributed by atoms with E-state index in [1.807, 2.05) is 37.3 Å². The van der Waals surface area contributed by atoms with Crippen molar-refractivity contribution in [2.24, 2.45) is 0 Å². The summed E-state index contributed by atoms with van der Waals surface area (Å²) in [5.74, 6) is 0.264. The first kappa shape index (κ1) is 22.2. The van der Waals surface area contributed by atoms with Gasteiger partial charge in [-0.2, -0.15) is 0 Å². The molecule has 2 amide bonds. The fraction of sp³-hybridized carbons (Fsp3) is 0.227. The molecule has 0 N–H and O–H groups in total. The molecular formula is C22H21IN2O4S. The van der Waals surface area contributed by atoms with Gasteiger partial charge < -0.3 is 9.47 Å². The van der Waals surface area contributed by atoms with E-state index in [-0.39, 0.29) is 10.7 Å². The summed E-state index contributed by atoms with van der Waals surface area (Å²) in [7, 11) is 4.65. The number of thiocarbonyl (C=S) groups is 1. The maximum Gasteiger partial charge on any atom is 0.265 e. The molecule has 0 radical (unpaired) electrons. The zero-order valence-corrected chi connectivity index (χ0v) is 20.0. The van der Waals surface area contributed by atoms with Crippen molar-refractivity contribution < 1.29 is 19.1 Å². The summed E-state index contributed by atoms with van der Waals surface area (Å²) in [4.78, 5) is 27.7. The lowest BCUT2D eigenvalue weighted by molar-refractivity contribution is -0.132. The summed E-state index contributed by atoms with van der Waals surface area (Å²) in [6.07, 6.45) is 1.55. The first-order chi connectivity index (χ1) is 14.2. The number of ether oxygens (including phenoxy) is 2. The molecule has 0 spiro atoms. The van der Waals surface area contributed by atoms with E-state index in [0.717, 1.165) is 9.13 Å².